The molecule has 1 aliphatic carbocycles. The van der Waals surface area contributed by atoms with Crippen LogP contribution in [0.5, 0.6) is 0 Å². The topological polar surface area (TPSA) is 72.9 Å². The van der Waals surface area contributed by atoms with Crippen molar-refractivity contribution in [1.29, 1.82) is 0 Å². The lowest BCUT2D eigenvalue weighted by Crippen LogP contribution is -2.32. The van der Waals surface area contributed by atoms with Gasteiger partial charge in [0.2, 0.25) is 0 Å². The molecule has 1 saturated carbocycles. The van der Waals surface area contributed by atoms with E-state index in [2.05, 4.69) is 10.4 Å². The number of nitrogens with one attached hydrogen (secondary N) is 1. The Bertz CT molecular complexity index is 481. The van der Waals surface area contributed by atoms with E-state index in [-0.39, 0.29) is 22.7 Å². The first-order valence-electron chi connectivity index (χ1n) is 6.27. The Labute approximate surface area is 111 Å². The minimum Gasteiger partial charge on any atom is -0.381 e. The Hall–Kier alpha value is -1.07. The normalized spacial score (nSPS) is 16.9. The van der Waals surface area contributed by atoms with Crippen molar-refractivity contribution in [3.63, 3.8) is 0 Å². The van der Waals surface area contributed by atoms with Crippen molar-refractivity contribution in [2.75, 3.05) is 11.9 Å². The highest BCUT2D eigenvalue weighted by Gasteiger charge is 2.28. The summed E-state index contributed by atoms with van der Waals surface area (Å²) >= 11 is 6.04. The summed E-state index contributed by atoms with van der Waals surface area (Å²) in [6, 6.07) is 0.117. The molecule has 1 aliphatic rings. The molecular weight excluding hydrogens is 252 g/mol. The standard InChI is InChI=1S/C12H19ClN4O/c1-7(2)17-12(18)11(13)10(6-16-17)15-5-9(14)8-3-4-8/h6-9,15H,3-5,14H2,1-2H3. The van der Waals surface area contributed by atoms with Gasteiger partial charge in [-0.05, 0) is 32.6 Å². The van der Waals surface area contributed by atoms with E-state index in [9.17, 15) is 4.79 Å². The molecule has 2 rings (SSSR count). The predicted molar refractivity (Wildman–Crippen MR) is 73.1 cm³/mol. The summed E-state index contributed by atoms with van der Waals surface area (Å²) in [5.41, 5.74) is 6.28. The quantitative estimate of drug-likeness (QED) is 0.853. The highest BCUT2D eigenvalue weighted by Crippen LogP contribution is 2.31. The number of hydrogen-bond donors (Lipinski definition) is 2. The molecule has 0 aromatic carbocycles. The number of hydrogen-bond acceptors (Lipinski definition) is 4. The van der Waals surface area contributed by atoms with E-state index < -0.39 is 0 Å². The van der Waals surface area contributed by atoms with Crippen LogP contribution in [0.1, 0.15) is 32.7 Å². The molecule has 5 nitrogen and oxygen atoms in total. The van der Waals surface area contributed by atoms with Crippen LogP contribution >= 0.6 is 11.6 Å². The molecule has 0 spiro atoms. The van der Waals surface area contributed by atoms with Crippen LogP contribution < -0.4 is 16.6 Å². The highest BCUT2D eigenvalue weighted by molar-refractivity contribution is 6.32. The molecular formula is C12H19ClN4O. The maximum absolute atomic E-state index is 11.9. The van der Waals surface area contributed by atoms with Crippen LogP contribution in [0.15, 0.2) is 11.0 Å². The molecule has 0 bridgehead atoms. The van der Waals surface area contributed by atoms with Crippen LogP contribution in [0.2, 0.25) is 5.02 Å². The van der Waals surface area contributed by atoms with Gasteiger partial charge in [0.1, 0.15) is 5.02 Å². The lowest BCUT2D eigenvalue weighted by atomic mass is 10.2. The molecule has 0 saturated heterocycles. The highest BCUT2D eigenvalue weighted by atomic mass is 35.5. The zero-order chi connectivity index (χ0) is 13.3. The summed E-state index contributed by atoms with van der Waals surface area (Å²) in [4.78, 5) is 11.9. The first kappa shape index (κ1) is 13.4. The Morgan fingerprint density at radius 3 is 2.83 bits per heavy atom. The van der Waals surface area contributed by atoms with E-state index in [1.54, 1.807) is 6.20 Å². The van der Waals surface area contributed by atoms with E-state index in [0.29, 0.717) is 18.2 Å². The van der Waals surface area contributed by atoms with Crippen molar-refractivity contribution in [3.8, 4) is 0 Å². The van der Waals surface area contributed by atoms with Gasteiger partial charge in [-0.15, -0.1) is 0 Å². The van der Waals surface area contributed by atoms with E-state index in [0.717, 1.165) is 0 Å². The smallest absolute Gasteiger partial charge is 0.287 e. The second kappa shape index (κ2) is 5.28. The minimum absolute atomic E-state index is 0.00206. The Kier molecular flexibility index (Phi) is 3.92. The van der Waals surface area contributed by atoms with Crippen LogP contribution in [-0.2, 0) is 0 Å². The van der Waals surface area contributed by atoms with Crippen LogP contribution in [-0.4, -0.2) is 22.4 Å². The molecule has 1 heterocycles. The molecule has 0 amide bonds. The molecule has 0 radical (unpaired) electrons. The van der Waals surface area contributed by atoms with Crippen molar-refractivity contribution in [2.45, 2.75) is 38.8 Å². The average Bonchev–Trinajstić information content (AvgIpc) is 3.14. The number of rotatable bonds is 5. The van der Waals surface area contributed by atoms with E-state index >= 15 is 0 Å². The van der Waals surface area contributed by atoms with Gasteiger partial charge in [0.05, 0.1) is 17.9 Å². The molecule has 1 fully saturated rings. The van der Waals surface area contributed by atoms with Gasteiger partial charge in [-0.1, -0.05) is 11.6 Å². The molecule has 1 unspecified atom stereocenters. The van der Waals surface area contributed by atoms with Crippen molar-refractivity contribution in [1.82, 2.24) is 9.78 Å². The van der Waals surface area contributed by atoms with Gasteiger partial charge in [0.25, 0.3) is 5.56 Å². The molecule has 3 N–H and O–H groups in total. The minimum atomic E-state index is -0.267. The fourth-order valence-corrected chi connectivity index (χ4v) is 2.06. The summed E-state index contributed by atoms with van der Waals surface area (Å²) in [7, 11) is 0. The third kappa shape index (κ3) is 2.84. The molecule has 6 heteroatoms. The molecule has 1 atom stereocenters. The van der Waals surface area contributed by atoms with Crippen LogP contribution in [0.25, 0.3) is 0 Å². The van der Waals surface area contributed by atoms with E-state index in [1.807, 2.05) is 13.8 Å². The molecule has 0 aliphatic heterocycles. The fraction of sp³-hybridized carbons (Fsp3) is 0.667. The lowest BCUT2D eigenvalue weighted by Gasteiger charge is -2.15. The van der Waals surface area contributed by atoms with Crippen molar-refractivity contribution in [2.24, 2.45) is 11.7 Å². The molecule has 100 valence electrons. The molecule has 1 aromatic rings. The SMILES string of the molecule is CC(C)n1ncc(NCC(N)C2CC2)c(Cl)c1=O. The summed E-state index contributed by atoms with van der Waals surface area (Å²) in [6.45, 7) is 4.40. The van der Waals surface area contributed by atoms with Crippen LogP contribution in [0.4, 0.5) is 5.69 Å². The summed E-state index contributed by atoms with van der Waals surface area (Å²) < 4.78 is 1.37. The summed E-state index contributed by atoms with van der Waals surface area (Å²) in [5, 5.41) is 7.38. The van der Waals surface area contributed by atoms with Gasteiger partial charge >= 0.3 is 0 Å². The van der Waals surface area contributed by atoms with Gasteiger partial charge in [0.15, 0.2) is 0 Å². The number of anilines is 1. The van der Waals surface area contributed by atoms with E-state index in [4.69, 9.17) is 17.3 Å². The van der Waals surface area contributed by atoms with Gasteiger partial charge in [-0.2, -0.15) is 5.10 Å². The van der Waals surface area contributed by atoms with Gasteiger partial charge < -0.3 is 11.1 Å². The van der Waals surface area contributed by atoms with Gasteiger partial charge in [-0.25, -0.2) is 4.68 Å². The number of nitrogens with zero attached hydrogens (tertiary/aromatic N) is 2. The molecule has 1 aromatic heterocycles. The summed E-state index contributed by atoms with van der Waals surface area (Å²) in [6.07, 6.45) is 3.98. The second-order valence-electron chi connectivity index (χ2n) is 5.10. The second-order valence-corrected chi connectivity index (χ2v) is 5.48. The Morgan fingerprint density at radius 2 is 2.28 bits per heavy atom. The first-order valence-corrected chi connectivity index (χ1v) is 6.65. The van der Waals surface area contributed by atoms with Crippen molar-refractivity contribution >= 4 is 17.3 Å². The number of nitrogens with two attached hydrogens (primary N) is 1. The predicted octanol–water partition coefficient (Wildman–Crippen LogP) is 1.63. The fourth-order valence-electron chi connectivity index (χ4n) is 1.85. The third-order valence-electron chi connectivity index (χ3n) is 3.19. The van der Waals surface area contributed by atoms with Crippen molar-refractivity contribution < 1.29 is 0 Å². The average molecular weight is 271 g/mol. The van der Waals surface area contributed by atoms with Crippen molar-refractivity contribution in [3.05, 3.63) is 21.6 Å². The Balaban J connectivity index is 2.09. The maximum atomic E-state index is 11.9. The zero-order valence-electron chi connectivity index (χ0n) is 10.7. The van der Waals surface area contributed by atoms with E-state index in [1.165, 1.54) is 17.5 Å². The third-order valence-corrected chi connectivity index (χ3v) is 3.55. The summed E-state index contributed by atoms with van der Waals surface area (Å²) in [5.74, 6) is 0.611. The number of halogens is 1. The van der Waals surface area contributed by atoms with Gasteiger partial charge in [-0.3, -0.25) is 4.79 Å². The lowest BCUT2D eigenvalue weighted by molar-refractivity contribution is 0.503. The first-order chi connectivity index (χ1) is 8.50. The van der Waals surface area contributed by atoms with Crippen LogP contribution in [0.3, 0.4) is 0 Å². The molecule has 18 heavy (non-hydrogen) atoms. The maximum Gasteiger partial charge on any atom is 0.287 e. The van der Waals surface area contributed by atoms with Gasteiger partial charge in [0, 0.05) is 12.6 Å². The largest absolute Gasteiger partial charge is 0.381 e. The monoisotopic (exact) mass is 270 g/mol. The number of aromatic nitrogens is 2. The Morgan fingerprint density at radius 1 is 1.61 bits per heavy atom. The van der Waals surface area contributed by atoms with Crippen LogP contribution in [0, 0.1) is 5.92 Å². The zero-order valence-corrected chi connectivity index (χ0v) is 11.4.